The van der Waals surface area contributed by atoms with Gasteiger partial charge in [0, 0.05) is 31.7 Å². The summed E-state index contributed by atoms with van der Waals surface area (Å²) in [6, 6.07) is 8.46. The van der Waals surface area contributed by atoms with E-state index >= 15 is 0 Å². The highest BCUT2D eigenvalue weighted by Gasteiger charge is 2.25. The molecule has 1 fully saturated rings. The fourth-order valence-electron chi connectivity index (χ4n) is 3.79. The van der Waals surface area contributed by atoms with E-state index in [1.165, 1.54) is 5.56 Å². The molecule has 0 N–H and O–H groups in total. The first-order chi connectivity index (χ1) is 13.7. The Labute approximate surface area is 167 Å². The molecule has 2 heterocycles. The van der Waals surface area contributed by atoms with Crippen molar-refractivity contribution in [2.45, 2.75) is 46.2 Å². The first-order valence-electron chi connectivity index (χ1n) is 10.3. The van der Waals surface area contributed by atoms with E-state index in [4.69, 9.17) is 4.74 Å². The number of hydrogen-bond donors (Lipinski definition) is 0. The van der Waals surface area contributed by atoms with E-state index in [1.54, 1.807) is 4.90 Å². The summed E-state index contributed by atoms with van der Waals surface area (Å²) in [6.45, 7) is 10.8. The molecular formula is C21H31N5O2. The van der Waals surface area contributed by atoms with Crippen LogP contribution in [0.2, 0.25) is 0 Å². The SMILES string of the molecule is CCOc1ccccc1CN1CCC[C@H](n2cc(C(=O)N(CC)CC)nn2)C1. The van der Waals surface area contributed by atoms with Crippen molar-refractivity contribution in [1.29, 1.82) is 0 Å². The second-order valence-electron chi connectivity index (χ2n) is 7.13. The van der Waals surface area contributed by atoms with Crippen molar-refractivity contribution in [3.05, 3.63) is 41.7 Å². The van der Waals surface area contributed by atoms with E-state index in [0.717, 1.165) is 38.2 Å². The molecule has 1 saturated heterocycles. The predicted octanol–water partition coefficient (Wildman–Crippen LogP) is 3.00. The molecule has 7 nitrogen and oxygen atoms in total. The van der Waals surface area contributed by atoms with Crippen molar-refractivity contribution in [2.75, 3.05) is 32.8 Å². The van der Waals surface area contributed by atoms with Crippen molar-refractivity contribution < 1.29 is 9.53 Å². The lowest BCUT2D eigenvalue weighted by molar-refractivity contribution is 0.0767. The van der Waals surface area contributed by atoms with Crippen LogP contribution in [0, 0.1) is 0 Å². The molecule has 0 bridgehead atoms. The first-order valence-corrected chi connectivity index (χ1v) is 10.3. The summed E-state index contributed by atoms with van der Waals surface area (Å²) >= 11 is 0. The molecule has 0 radical (unpaired) electrons. The van der Waals surface area contributed by atoms with Gasteiger partial charge in [-0.3, -0.25) is 9.69 Å². The Morgan fingerprint density at radius 3 is 2.79 bits per heavy atom. The summed E-state index contributed by atoms with van der Waals surface area (Å²) in [7, 11) is 0. The number of carbonyl (C=O) groups is 1. The molecule has 7 heteroatoms. The highest BCUT2D eigenvalue weighted by atomic mass is 16.5. The second-order valence-corrected chi connectivity index (χ2v) is 7.13. The summed E-state index contributed by atoms with van der Waals surface area (Å²) in [5, 5.41) is 8.41. The van der Waals surface area contributed by atoms with Crippen LogP contribution in [0.4, 0.5) is 0 Å². The van der Waals surface area contributed by atoms with Crippen molar-refractivity contribution in [3.8, 4) is 5.75 Å². The Morgan fingerprint density at radius 1 is 1.25 bits per heavy atom. The molecular weight excluding hydrogens is 354 g/mol. The van der Waals surface area contributed by atoms with Gasteiger partial charge in [0.25, 0.3) is 5.91 Å². The number of carbonyl (C=O) groups excluding carboxylic acids is 1. The maximum atomic E-state index is 12.5. The lowest BCUT2D eigenvalue weighted by atomic mass is 10.0. The number of benzene rings is 1. The quantitative estimate of drug-likeness (QED) is 0.699. The number of para-hydroxylation sites is 1. The summed E-state index contributed by atoms with van der Waals surface area (Å²) in [5.74, 6) is 0.912. The van der Waals surface area contributed by atoms with E-state index in [9.17, 15) is 4.79 Å². The topological polar surface area (TPSA) is 63.5 Å². The molecule has 3 rings (SSSR count). The van der Waals surface area contributed by atoms with Crippen LogP contribution in [0.1, 0.15) is 55.7 Å². The van der Waals surface area contributed by atoms with Crippen LogP contribution in [0.15, 0.2) is 30.5 Å². The summed E-state index contributed by atoms with van der Waals surface area (Å²) < 4.78 is 7.64. The lowest BCUT2D eigenvalue weighted by Crippen LogP contribution is -2.36. The average molecular weight is 386 g/mol. The molecule has 152 valence electrons. The fraction of sp³-hybridized carbons (Fsp3) is 0.571. The van der Waals surface area contributed by atoms with Gasteiger partial charge < -0.3 is 9.64 Å². The highest BCUT2D eigenvalue weighted by Crippen LogP contribution is 2.25. The molecule has 1 aliphatic heterocycles. The molecule has 1 aliphatic rings. The largest absolute Gasteiger partial charge is 0.494 e. The van der Waals surface area contributed by atoms with Crippen LogP contribution in [0.25, 0.3) is 0 Å². The molecule has 2 aromatic rings. The normalized spacial score (nSPS) is 17.5. The van der Waals surface area contributed by atoms with Crippen molar-refractivity contribution in [2.24, 2.45) is 0 Å². The maximum Gasteiger partial charge on any atom is 0.276 e. The van der Waals surface area contributed by atoms with Crippen LogP contribution in [0.3, 0.4) is 0 Å². The predicted molar refractivity (Wildman–Crippen MR) is 108 cm³/mol. The van der Waals surface area contributed by atoms with Gasteiger partial charge >= 0.3 is 0 Å². The maximum absolute atomic E-state index is 12.5. The number of likely N-dealkylation sites (tertiary alicyclic amines) is 1. The van der Waals surface area contributed by atoms with Gasteiger partial charge in [0.15, 0.2) is 5.69 Å². The molecule has 0 aliphatic carbocycles. The fourth-order valence-corrected chi connectivity index (χ4v) is 3.79. The van der Waals surface area contributed by atoms with E-state index in [1.807, 2.05) is 43.8 Å². The van der Waals surface area contributed by atoms with Gasteiger partial charge in [0.2, 0.25) is 0 Å². The van der Waals surface area contributed by atoms with Gasteiger partial charge in [0.1, 0.15) is 5.75 Å². The molecule has 1 aromatic carbocycles. The van der Waals surface area contributed by atoms with Crippen molar-refractivity contribution >= 4 is 5.91 Å². The van der Waals surface area contributed by atoms with Crippen molar-refractivity contribution in [3.63, 3.8) is 0 Å². The highest BCUT2D eigenvalue weighted by molar-refractivity contribution is 5.91. The molecule has 28 heavy (non-hydrogen) atoms. The monoisotopic (exact) mass is 385 g/mol. The Bertz CT molecular complexity index is 772. The van der Waals surface area contributed by atoms with E-state index in [-0.39, 0.29) is 11.9 Å². The minimum absolute atomic E-state index is 0.0467. The minimum Gasteiger partial charge on any atom is -0.494 e. The van der Waals surface area contributed by atoms with Crippen molar-refractivity contribution in [1.82, 2.24) is 24.8 Å². The number of ether oxygens (including phenoxy) is 1. The van der Waals surface area contributed by atoms with Gasteiger partial charge in [-0.05, 0) is 46.2 Å². The van der Waals surface area contributed by atoms with Gasteiger partial charge in [-0.25, -0.2) is 4.68 Å². The third kappa shape index (κ3) is 4.70. The number of rotatable bonds is 8. The summed E-state index contributed by atoms with van der Waals surface area (Å²) in [5.41, 5.74) is 1.64. The van der Waals surface area contributed by atoms with Crippen LogP contribution in [0.5, 0.6) is 5.75 Å². The number of hydrogen-bond acceptors (Lipinski definition) is 5. The van der Waals surface area contributed by atoms with Gasteiger partial charge in [-0.15, -0.1) is 5.10 Å². The number of aromatic nitrogens is 3. The Hall–Kier alpha value is -2.41. The number of piperidine rings is 1. The lowest BCUT2D eigenvalue weighted by Gasteiger charge is -2.32. The summed E-state index contributed by atoms with van der Waals surface area (Å²) in [4.78, 5) is 16.7. The zero-order chi connectivity index (χ0) is 19.9. The Balaban J connectivity index is 1.66. The molecule has 0 unspecified atom stereocenters. The molecule has 1 atom stereocenters. The van der Waals surface area contributed by atoms with Crippen LogP contribution < -0.4 is 4.74 Å². The zero-order valence-electron chi connectivity index (χ0n) is 17.2. The van der Waals surface area contributed by atoms with Crippen LogP contribution >= 0.6 is 0 Å². The zero-order valence-corrected chi connectivity index (χ0v) is 17.2. The van der Waals surface area contributed by atoms with E-state index in [0.29, 0.717) is 25.4 Å². The minimum atomic E-state index is -0.0467. The third-order valence-electron chi connectivity index (χ3n) is 5.30. The third-order valence-corrected chi connectivity index (χ3v) is 5.30. The number of amides is 1. The van der Waals surface area contributed by atoms with Gasteiger partial charge in [-0.1, -0.05) is 23.4 Å². The molecule has 1 aromatic heterocycles. The molecule has 0 saturated carbocycles. The molecule has 1 amide bonds. The van der Waals surface area contributed by atoms with E-state index < -0.39 is 0 Å². The van der Waals surface area contributed by atoms with Gasteiger partial charge in [0.05, 0.1) is 18.8 Å². The average Bonchev–Trinajstić information content (AvgIpc) is 3.21. The molecule has 0 spiro atoms. The Morgan fingerprint density at radius 2 is 2.04 bits per heavy atom. The summed E-state index contributed by atoms with van der Waals surface area (Å²) in [6.07, 6.45) is 3.95. The first kappa shape index (κ1) is 20.3. The number of nitrogens with zero attached hydrogens (tertiary/aromatic N) is 5. The smallest absolute Gasteiger partial charge is 0.276 e. The standard InChI is InChI=1S/C21H31N5O2/c1-4-25(5-2)21(27)19-16-26(23-22-19)18-11-9-13-24(15-18)14-17-10-7-8-12-20(17)28-6-3/h7-8,10,12,16,18H,4-6,9,11,13-15H2,1-3H3/t18-/m0/s1. The van der Waals surface area contributed by atoms with E-state index in [2.05, 4.69) is 27.3 Å². The van der Waals surface area contributed by atoms with Crippen LogP contribution in [-0.2, 0) is 6.54 Å². The second kappa shape index (κ2) is 9.68. The Kier molecular flexibility index (Phi) is 7.03. The van der Waals surface area contributed by atoms with Crippen LogP contribution in [-0.4, -0.2) is 63.5 Å². The van der Waals surface area contributed by atoms with Gasteiger partial charge in [-0.2, -0.15) is 0 Å².